The largest absolute Gasteiger partial charge is 0.482 e. The summed E-state index contributed by atoms with van der Waals surface area (Å²) in [4.78, 5) is 9.99. The van der Waals surface area contributed by atoms with E-state index < -0.39 is 23.8 Å². The van der Waals surface area contributed by atoms with Crippen LogP contribution in [0.25, 0.3) is 0 Å². The Morgan fingerprint density at radius 2 is 2.27 bits per heavy atom. The van der Waals surface area contributed by atoms with Crippen LogP contribution < -0.4 is 11.5 Å². The number of hydrogen-bond acceptors (Lipinski definition) is 6. The van der Waals surface area contributed by atoms with Gasteiger partial charge in [-0.05, 0) is 6.08 Å². The van der Waals surface area contributed by atoms with Crippen LogP contribution in [0.4, 0.5) is 14.5 Å². The molecule has 4 N–H and O–H groups in total. The highest BCUT2D eigenvalue weighted by Gasteiger charge is 2.26. The van der Waals surface area contributed by atoms with Crippen LogP contribution in [0.5, 0.6) is 0 Å². The lowest BCUT2D eigenvalue weighted by Gasteiger charge is -2.20. The van der Waals surface area contributed by atoms with Crippen molar-refractivity contribution in [1.29, 1.82) is 0 Å². The molecule has 0 saturated carbocycles. The Labute approximate surface area is 129 Å². The van der Waals surface area contributed by atoms with Crippen molar-refractivity contribution in [3.8, 4) is 0 Å². The van der Waals surface area contributed by atoms with Crippen LogP contribution in [0.1, 0.15) is 12.5 Å². The first-order valence-electron chi connectivity index (χ1n) is 5.89. The maximum atomic E-state index is 12.8. The minimum atomic E-state index is -2.72. The van der Waals surface area contributed by atoms with Crippen LogP contribution >= 0.6 is 11.6 Å². The molecule has 0 amide bonds. The molecule has 1 aromatic rings. The molecule has 1 rings (SSSR count). The fourth-order valence-corrected chi connectivity index (χ4v) is 1.85. The van der Waals surface area contributed by atoms with Crippen LogP contribution in [0, 0.1) is 10.1 Å². The average molecular weight is 338 g/mol. The Morgan fingerprint density at radius 3 is 2.68 bits per heavy atom. The highest BCUT2D eigenvalue weighted by molar-refractivity contribution is 6.29. The molecule has 122 valence electrons. The lowest BCUT2D eigenvalue weighted by molar-refractivity contribution is -0.385. The van der Waals surface area contributed by atoms with E-state index in [4.69, 9.17) is 27.8 Å². The van der Waals surface area contributed by atoms with Crippen molar-refractivity contribution in [2.75, 3.05) is 7.11 Å². The number of methoxy groups -OCH3 is 1. The number of rotatable bonds is 7. The van der Waals surface area contributed by atoms with Crippen LogP contribution in [0.3, 0.4) is 0 Å². The fourth-order valence-electron chi connectivity index (χ4n) is 1.74. The van der Waals surface area contributed by atoms with Crippen molar-refractivity contribution in [2.45, 2.75) is 18.9 Å². The Morgan fingerprint density at radius 1 is 1.64 bits per heavy atom. The second-order valence-corrected chi connectivity index (χ2v) is 4.57. The standard InChI is InChI=1S/C11H14ClF2N5O3/c1-22-11(16)7(2-9(12)15)8(3-10(13)14)18-5-6(4-17-18)19(20)21/h2,4-5,8,10H,3,15-16H2,1H3/b9-2-,11-7-. The number of alkyl halides is 2. The zero-order chi connectivity index (χ0) is 16.9. The summed E-state index contributed by atoms with van der Waals surface area (Å²) >= 11 is 5.57. The van der Waals surface area contributed by atoms with Gasteiger partial charge in [-0.3, -0.25) is 14.8 Å². The number of nitrogens with two attached hydrogens (primary N) is 2. The van der Waals surface area contributed by atoms with E-state index in [9.17, 15) is 18.9 Å². The molecule has 1 unspecified atom stereocenters. The predicted octanol–water partition coefficient (Wildman–Crippen LogP) is 1.84. The molecule has 8 nitrogen and oxygen atoms in total. The average Bonchev–Trinajstić information content (AvgIpc) is 2.91. The first-order chi connectivity index (χ1) is 10.3. The number of nitrogens with zero attached hydrogens (tertiary/aromatic N) is 3. The maximum Gasteiger partial charge on any atom is 0.307 e. The maximum absolute atomic E-state index is 12.8. The molecule has 0 aliphatic carbocycles. The number of allylic oxidation sites excluding steroid dienone is 2. The Bertz CT molecular complexity index is 598. The minimum absolute atomic E-state index is 0.0355. The highest BCUT2D eigenvalue weighted by atomic mass is 35.5. The van der Waals surface area contributed by atoms with E-state index in [0.29, 0.717) is 0 Å². The summed E-state index contributed by atoms with van der Waals surface area (Å²) in [7, 11) is 1.23. The van der Waals surface area contributed by atoms with Gasteiger partial charge < -0.3 is 16.2 Å². The van der Waals surface area contributed by atoms with Gasteiger partial charge in [0.25, 0.3) is 0 Å². The summed E-state index contributed by atoms with van der Waals surface area (Å²) < 4.78 is 31.5. The van der Waals surface area contributed by atoms with Gasteiger partial charge >= 0.3 is 5.69 Å². The normalized spacial score (nSPS) is 14.7. The minimum Gasteiger partial charge on any atom is -0.482 e. The van der Waals surface area contributed by atoms with E-state index >= 15 is 0 Å². The molecule has 22 heavy (non-hydrogen) atoms. The van der Waals surface area contributed by atoms with Crippen molar-refractivity contribution in [1.82, 2.24) is 9.78 Å². The molecule has 0 aliphatic rings. The van der Waals surface area contributed by atoms with E-state index in [2.05, 4.69) is 5.10 Å². The molecule has 0 bridgehead atoms. The second kappa shape index (κ2) is 7.59. The molecule has 1 heterocycles. The number of halogens is 3. The molecule has 1 atom stereocenters. The van der Waals surface area contributed by atoms with E-state index in [0.717, 1.165) is 23.2 Å². The van der Waals surface area contributed by atoms with Crippen molar-refractivity contribution >= 4 is 17.3 Å². The molecule has 0 spiro atoms. The third kappa shape index (κ3) is 4.58. The molecule has 0 aliphatic heterocycles. The van der Waals surface area contributed by atoms with Gasteiger partial charge in [0.15, 0.2) is 5.88 Å². The SMILES string of the molecule is CO/C(N)=C(/C=C(\N)Cl)C(CC(F)F)n1cc([N+](=O)[O-])cn1. The first kappa shape index (κ1) is 17.7. The molecule has 0 aromatic carbocycles. The molecule has 0 fully saturated rings. The molecule has 0 saturated heterocycles. The van der Waals surface area contributed by atoms with Gasteiger partial charge in [0.05, 0.1) is 23.2 Å². The zero-order valence-electron chi connectivity index (χ0n) is 11.4. The van der Waals surface area contributed by atoms with E-state index in [1.54, 1.807) is 0 Å². The number of nitro groups is 1. The van der Waals surface area contributed by atoms with Crippen LogP contribution in [0.15, 0.2) is 35.1 Å². The van der Waals surface area contributed by atoms with Crippen molar-refractivity contribution in [3.63, 3.8) is 0 Å². The summed E-state index contributed by atoms with van der Waals surface area (Å²) in [6, 6.07) is -1.13. The molecule has 11 heteroatoms. The molecular formula is C11H14ClF2N5O3. The van der Waals surface area contributed by atoms with Crippen LogP contribution in [-0.2, 0) is 4.74 Å². The lowest BCUT2D eigenvalue weighted by atomic mass is 10.0. The Hall–Kier alpha value is -2.36. The number of aromatic nitrogens is 2. The van der Waals surface area contributed by atoms with Gasteiger partial charge in [0.1, 0.15) is 12.4 Å². The summed E-state index contributed by atoms with van der Waals surface area (Å²) in [5.41, 5.74) is 10.7. The van der Waals surface area contributed by atoms with Gasteiger partial charge in [-0.15, -0.1) is 0 Å². The van der Waals surface area contributed by atoms with Gasteiger partial charge in [-0.1, -0.05) is 11.6 Å². The zero-order valence-corrected chi connectivity index (χ0v) is 12.2. The van der Waals surface area contributed by atoms with Gasteiger partial charge in [-0.25, -0.2) is 8.78 Å². The van der Waals surface area contributed by atoms with Crippen LogP contribution in [0.2, 0.25) is 0 Å². The van der Waals surface area contributed by atoms with E-state index in [1.165, 1.54) is 7.11 Å². The highest BCUT2D eigenvalue weighted by Crippen LogP contribution is 2.29. The Balaban J connectivity index is 3.36. The van der Waals surface area contributed by atoms with Crippen LogP contribution in [-0.4, -0.2) is 28.2 Å². The predicted molar refractivity (Wildman–Crippen MR) is 74.9 cm³/mol. The van der Waals surface area contributed by atoms with Crippen molar-refractivity contribution in [2.24, 2.45) is 11.5 Å². The summed E-state index contributed by atoms with van der Waals surface area (Å²) in [6.45, 7) is 0. The molecular weight excluding hydrogens is 324 g/mol. The third-order valence-electron chi connectivity index (χ3n) is 2.68. The second-order valence-electron chi connectivity index (χ2n) is 4.13. The summed E-state index contributed by atoms with van der Waals surface area (Å²) in [5, 5.41) is 14.2. The smallest absolute Gasteiger partial charge is 0.307 e. The van der Waals surface area contributed by atoms with Gasteiger partial charge in [0, 0.05) is 12.0 Å². The fraction of sp³-hybridized carbons (Fsp3) is 0.364. The summed E-state index contributed by atoms with van der Waals surface area (Å²) in [5.74, 6) is -0.201. The number of ether oxygens (including phenoxy) is 1. The van der Waals surface area contributed by atoms with Crippen molar-refractivity contribution in [3.05, 3.63) is 45.2 Å². The van der Waals surface area contributed by atoms with Gasteiger partial charge in [0.2, 0.25) is 6.43 Å². The quantitative estimate of drug-likeness (QED) is 0.257. The van der Waals surface area contributed by atoms with E-state index in [-0.39, 0.29) is 22.3 Å². The van der Waals surface area contributed by atoms with Crippen molar-refractivity contribution < 1.29 is 18.4 Å². The first-order valence-corrected chi connectivity index (χ1v) is 6.27. The molecule has 1 aromatic heterocycles. The monoisotopic (exact) mass is 337 g/mol. The molecule has 0 radical (unpaired) electrons. The lowest BCUT2D eigenvalue weighted by Crippen LogP contribution is -2.19. The van der Waals surface area contributed by atoms with Gasteiger partial charge in [-0.2, -0.15) is 5.10 Å². The number of hydrogen-bond donors (Lipinski definition) is 2. The Kier molecular flexibility index (Phi) is 6.11. The third-order valence-corrected chi connectivity index (χ3v) is 2.79. The topological polar surface area (TPSA) is 122 Å². The van der Waals surface area contributed by atoms with E-state index in [1.807, 2.05) is 0 Å². The summed E-state index contributed by atoms with van der Waals surface area (Å²) in [6.07, 6.45) is -0.348.